The molecule has 3 aromatic heterocycles. The third-order valence-electron chi connectivity index (χ3n) is 3.82. The Morgan fingerprint density at radius 1 is 1.16 bits per heavy atom. The largest absolute Gasteiger partial charge is 0.401 e. The van der Waals surface area contributed by atoms with Gasteiger partial charge in [-0.2, -0.15) is 0 Å². The quantitative estimate of drug-likeness (QED) is 0.514. The average Bonchev–Trinajstić information content (AvgIpc) is 3.05. The van der Waals surface area contributed by atoms with Gasteiger partial charge in [0.15, 0.2) is 5.82 Å². The molecule has 25 heavy (non-hydrogen) atoms. The molecule has 0 saturated heterocycles. The van der Waals surface area contributed by atoms with Crippen LogP contribution in [0.1, 0.15) is 5.56 Å². The molecule has 5 nitrogen and oxygen atoms in total. The summed E-state index contributed by atoms with van der Waals surface area (Å²) in [7, 11) is 0. The first-order valence-electron chi connectivity index (χ1n) is 7.44. The number of aryl methyl sites for hydroxylation is 1. The van der Waals surface area contributed by atoms with Crippen LogP contribution in [0.3, 0.4) is 0 Å². The first kappa shape index (κ1) is 15.9. The van der Waals surface area contributed by atoms with E-state index in [9.17, 15) is 4.79 Å². The van der Waals surface area contributed by atoms with Crippen LogP contribution in [-0.2, 0) is 0 Å². The number of hydrogen-bond acceptors (Lipinski definition) is 4. The topological polar surface area (TPSA) is 60.9 Å². The van der Waals surface area contributed by atoms with Crippen molar-refractivity contribution in [3.63, 3.8) is 0 Å². The van der Waals surface area contributed by atoms with Gasteiger partial charge >= 0.3 is 5.63 Å². The van der Waals surface area contributed by atoms with Gasteiger partial charge in [0, 0.05) is 17.4 Å². The van der Waals surface area contributed by atoms with E-state index in [2.05, 4.69) is 9.97 Å². The second-order valence-electron chi connectivity index (χ2n) is 5.50. The molecule has 0 amide bonds. The molecular weight excluding hydrogens is 361 g/mol. The summed E-state index contributed by atoms with van der Waals surface area (Å²) in [6.45, 7) is 1.85. The highest BCUT2D eigenvalue weighted by Crippen LogP contribution is 2.27. The Hall–Kier alpha value is -2.63. The van der Waals surface area contributed by atoms with Crippen molar-refractivity contribution in [2.45, 2.75) is 6.92 Å². The number of rotatable bonds is 2. The molecule has 0 saturated carbocycles. The zero-order valence-electron chi connectivity index (χ0n) is 13.0. The molecule has 4 aromatic rings. The maximum Gasteiger partial charge on any atom is 0.347 e. The van der Waals surface area contributed by atoms with E-state index in [4.69, 9.17) is 27.6 Å². The third kappa shape index (κ3) is 2.71. The van der Waals surface area contributed by atoms with Crippen molar-refractivity contribution < 1.29 is 4.42 Å². The molecule has 0 N–H and O–H groups in total. The van der Waals surface area contributed by atoms with E-state index in [1.807, 2.05) is 6.92 Å². The fourth-order valence-corrected chi connectivity index (χ4v) is 3.20. The van der Waals surface area contributed by atoms with Crippen molar-refractivity contribution >= 4 is 34.1 Å². The van der Waals surface area contributed by atoms with Crippen LogP contribution in [0.15, 0.2) is 58.0 Å². The van der Waals surface area contributed by atoms with E-state index in [1.165, 1.54) is 0 Å². The minimum atomic E-state index is -0.495. The lowest BCUT2D eigenvalue weighted by atomic mass is 10.1. The fourth-order valence-electron chi connectivity index (χ4n) is 2.71. The molecule has 1 aromatic carbocycles. The molecule has 0 unspecified atom stereocenters. The fraction of sp³-hybridized carbons (Fsp3) is 0.0556. The van der Waals surface area contributed by atoms with E-state index >= 15 is 0 Å². The van der Waals surface area contributed by atoms with Crippen LogP contribution in [0.4, 0.5) is 0 Å². The van der Waals surface area contributed by atoms with E-state index in [-0.39, 0.29) is 5.89 Å². The van der Waals surface area contributed by atoms with Gasteiger partial charge in [-0.3, -0.25) is 4.57 Å². The lowest BCUT2D eigenvalue weighted by Crippen LogP contribution is -2.06. The summed E-state index contributed by atoms with van der Waals surface area (Å²) in [6, 6.07) is 10.4. The van der Waals surface area contributed by atoms with Gasteiger partial charge in [-0.15, -0.1) is 0 Å². The maximum atomic E-state index is 12.4. The summed E-state index contributed by atoms with van der Waals surface area (Å²) in [5.74, 6) is 0.719. The van der Waals surface area contributed by atoms with Crippen LogP contribution < -0.4 is 5.63 Å². The minimum Gasteiger partial charge on any atom is -0.401 e. The molecule has 124 valence electrons. The molecule has 0 spiro atoms. The maximum absolute atomic E-state index is 12.4. The highest BCUT2D eigenvalue weighted by atomic mass is 35.5. The Morgan fingerprint density at radius 2 is 2.00 bits per heavy atom. The lowest BCUT2D eigenvalue weighted by molar-refractivity contribution is 0.514. The van der Waals surface area contributed by atoms with Crippen LogP contribution in [0.25, 0.3) is 28.3 Å². The highest BCUT2D eigenvalue weighted by molar-refractivity contribution is 6.32. The Balaban J connectivity index is 1.97. The predicted octanol–water partition coefficient (Wildman–Crippen LogP) is 4.66. The van der Waals surface area contributed by atoms with E-state index in [0.717, 1.165) is 5.56 Å². The SMILES string of the molecule is Cc1cc(Cl)cc2c(=O)oc(-c3cccn3-c3ncccc3Cl)nc12. The van der Waals surface area contributed by atoms with Gasteiger partial charge < -0.3 is 4.42 Å². The molecule has 0 radical (unpaired) electrons. The minimum absolute atomic E-state index is 0.189. The van der Waals surface area contributed by atoms with Crippen molar-refractivity contribution in [1.29, 1.82) is 0 Å². The molecule has 4 rings (SSSR count). The Bertz CT molecular complexity index is 1160. The molecule has 0 fully saturated rings. The normalized spacial score (nSPS) is 11.2. The molecular formula is C18H11Cl2N3O2. The molecule has 0 aliphatic heterocycles. The van der Waals surface area contributed by atoms with Crippen molar-refractivity contribution in [2.24, 2.45) is 0 Å². The number of nitrogens with zero attached hydrogens (tertiary/aromatic N) is 3. The number of aromatic nitrogens is 3. The molecule has 0 aliphatic carbocycles. The van der Waals surface area contributed by atoms with Gasteiger partial charge in [0.25, 0.3) is 0 Å². The monoisotopic (exact) mass is 371 g/mol. The summed E-state index contributed by atoms with van der Waals surface area (Å²) in [5.41, 5.74) is 1.43. The number of benzene rings is 1. The van der Waals surface area contributed by atoms with Crippen molar-refractivity contribution in [3.05, 3.63) is 74.8 Å². The Morgan fingerprint density at radius 3 is 2.80 bits per heavy atom. The summed E-state index contributed by atoms with van der Waals surface area (Å²) in [6.07, 6.45) is 3.42. The first-order chi connectivity index (χ1) is 12.0. The number of halogens is 2. The second-order valence-corrected chi connectivity index (χ2v) is 6.34. The molecule has 7 heteroatoms. The van der Waals surface area contributed by atoms with Crippen molar-refractivity contribution in [2.75, 3.05) is 0 Å². The van der Waals surface area contributed by atoms with Crippen LogP contribution in [0, 0.1) is 6.92 Å². The number of fused-ring (bicyclic) bond motifs is 1. The standard InChI is InChI=1S/C18H11Cl2N3O2/c1-10-8-11(19)9-12-15(10)22-17(25-18(12)24)14-5-3-7-23(14)16-13(20)4-2-6-21-16/h2-9H,1H3. The first-order valence-corrected chi connectivity index (χ1v) is 8.20. The van der Waals surface area contributed by atoms with Crippen molar-refractivity contribution in [3.8, 4) is 17.4 Å². The van der Waals surface area contributed by atoms with Gasteiger partial charge in [-0.25, -0.2) is 14.8 Å². The Kier molecular flexibility index (Phi) is 3.82. The molecule has 0 atom stereocenters. The van der Waals surface area contributed by atoms with E-state index in [0.29, 0.717) is 32.5 Å². The Labute approximate surface area is 152 Å². The summed E-state index contributed by atoms with van der Waals surface area (Å²) in [5, 5.41) is 1.30. The molecule has 0 bridgehead atoms. The zero-order chi connectivity index (χ0) is 17.6. The highest BCUT2D eigenvalue weighted by Gasteiger charge is 2.16. The van der Waals surface area contributed by atoms with Gasteiger partial charge in [-0.1, -0.05) is 23.2 Å². The van der Waals surface area contributed by atoms with E-state index < -0.39 is 5.63 Å². The van der Waals surface area contributed by atoms with Gasteiger partial charge in [0.1, 0.15) is 5.69 Å². The van der Waals surface area contributed by atoms with Gasteiger partial charge in [-0.05, 0) is 48.9 Å². The average molecular weight is 372 g/mol. The lowest BCUT2D eigenvalue weighted by Gasteiger charge is -2.09. The van der Waals surface area contributed by atoms with Crippen LogP contribution in [0.2, 0.25) is 10.0 Å². The summed E-state index contributed by atoms with van der Waals surface area (Å²) >= 11 is 12.3. The molecule has 3 heterocycles. The second kappa shape index (κ2) is 6.02. The number of pyridine rings is 1. The van der Waals surface area contributed by atoms with Crippen LogP contribution in [-0.4, -0.2) is 14.5 Å². The summed E-state index contributed by atoms with van der Waals surface area (Å²) in [4.78, 5) is 21.2. The van der Waals surface area contributed by atoms with Crippen LogP contribution in [0.5, 0.6) is 0 Å². The van der Waals surface area contributed by atoms with E-state index in [1.54, 1.807) is 53.4 Å². The predicted molar refractivity (Wildman–Crippen MR) is 97.6 cm³/mol. The summed E-state index contributed by atoms with van der Waals surface area (Å²) < 4.78 is 7.16. The smallest absolute Gasteiger partial charge is 0.347 e. The van der Waals surface area contributed by atoms with Crippen LogP contribution >= 0.6 is 23.2 Å². The number of hydrogen-bond donors (Lipinski definition) is 0. The van der Waals surface area contributed by atoms with Gasteiger partial charge in [0.05, 0.1) is 15.9 Å². The zero-order valence-corrected chi connectivity index (χ0v) is 14.5. The van der Waals surface area contributed by atoms with Gasteiger partial charge in [0.2, 0.25) is 5.89 Å². The van der Waals surface area contributed by atoms with Crippen molar-refractivity contribution in [1.82, 2.24) is 14.5 Å². The molecule has 0 aliphatic rings. The third-order valence-corrected chi connectivity index (χ3v) is 4.34.